The molecule has 0 N–H and O–H groups in total. The highest BCUT2D eigenvalue weighted by atomic mass is 16.5. The molecule has 0 bridgehead atoms. The number of anilines is 1. The normalized spacial score (nSPS) is 16.5. The Bertz CT molecular complexity index is 834. The van der Waals surface area contributed by atoms with E-state index in [4.69, 9.17) is 9.72 Å². The summed E-state index contributed by atoms with van der Waals surface area (Å²) in [5.74, 6) is 1.06. The molecular weight excluding hydrogens is 288 g/mol. The Labute approximate surface area is 135 Å². The number of rotatable bonds is 3. The molecule has 3 aromatic rings. The van der Waals surface area contributed by atoms with E-state index >= 15 is 0 Å². The van der Waals surface area contributed by atoms with Crippen LogP contribution < -0.4 is 4.90 Å². The van der Waals surface area contributed by atoms with Gasteiger partial charge in [0.15, 0.2) is 0 Å². The molecule has 0 atom stereocenters. The Morgan fingerprint density at radius 2 is 2.00 bits per heavy atom. The van der Waals surface area contributed by atoms with E-state index < -0.39 is 0 Å². The number of aryl methyl sites for hydroxylation is 1. The first kappa shape index (κ1) is 14.5. The minimum absolute atomic E-state index is 0.406. The maximum atomic E-state index is 5.74. The van der Waals surface area contributed by atoms with Crippen molar-refractivity contribution < 1.29 is 4.74 Å². The van der Waals surface area contributed by atoms with Crippen LogP contribution in [0.1, 0.15) is 19.8 Å². The molecule has 4 heterocycles. The SMILES string of the molecule is CCOC1CCN(c2ccc3c4cnccc4n(C)c3n2)CC1. The van der Waals surface area contributed by atoms with Gasteiger partial charge in [-0.15, -0.1) is 0 Å². The van der Waals surface area contributed by atoms with Crippen LogP contribution in [0, 0.1) is 0 Å². The van der Waals surface area contributed by atoms with Crippen molar-refractivity contribution in [3.05, 3.63) is 30.6 Å². The standard InChI is InChI=1S/C18H22N4O/c1-3-23-13-7-10-22(11-8-13)17-5-4-14-15-12-19-9-6-16(15)21(2)18(14)20-17/h4-6,9,12-13H,3,7-8,10-11H2,1-2H3. The van der Waals surface area contributed by atoms with E-state index in [9.17, 15) is 0 Å². The van der Waals surface area contributed by atoms with Gasteiger partial charge in [-0.25, -0.2) is 4.98 Å². The Morgan fingerprint density at radius 3 is 2.78 bits per heavy atom. The van der Waals surface area contributed by atoms with E-state index in [1.807, 2.05) is 18.5 Å². The lowest BCUT2D eigenvalue weighted by atomic mass is 10.1. The van der Waals surface area contributed by atoms with E-state index in [2.05, 4.69) is 40.6 Å². The highest BCUT2D eigenvalue weighted by molar-refractivity contribution is 6.06. The molecule has 0 amide bonds. The summed E-state index contributed by atoms with van der Waals surface area (Å²) >= 11 is 0. The number of aromatic nitrogens is 3. The van der Waals surface area contributed by atoms with Crippen molar-refractivity contribution in [3.63, 3.8) is 0 Å². The number of fused-ring (bicyclic) bond motifs is 3. The van der Waals surface area contributed by atoms with Crippen LogP contribution in [0.2, 0.25) is 0 Å². The van der Waals surface area contributed by atoms with E-state index in [0.29, 0.717) is 6.10 Å². The van der Waals surface area contributed by atoms with Gasteiger partial charge in [-0.1, -0.05) is 0 Å². The smallest absolute Gasteiger partial charge is 0.143 e. The number of ether oxygens (including phenoxy) is 1. The third-order valence-corrected chi connectivity index (χ3v) is 4.80. The highest BCUT2D eigenvalue weighted by Crippen LogP contribution is 2.29. The number of piperidine rings is 1. The van der Waals surface area contributed by atoms with Crippen LogP contribution in [0.25, 0.3) is 21.9 Å². The second-order valence-corrected chi connectivity index (χ2v) is 6.13. The summed E-state index contributed by atoms with van der Waals surface area (Å²) in [5.41, 5.74) is 2.20. The summed E-state index contributed by atoms with van der Waals surface area (Å²) in [6.07, 6.45) is 6.32. The molecule has 3 aromatic heterocycles. The molecule has 1 aliphatic heterocycles. The van der Waals surface area contributed by atoms with E-state index in [1.165, 1.54) is 16.3 Å². The molecule has 0 aliphatic carbocycles. The molecule has 1 saturated heterocycles. The van der Waals surface area contributed by atoms with Gasteiger partial charge in [0, 0.05) is 49.9 Å². The molecule has 4 rings (SSSR count). The van der Waals surface area contributed by atoms with Gasteiger partial charge in [0.2, 0.25) is 0 Å². The summed E-state index contributed by atoms with van der Waals surface area (Å²) in [6.45, 7) is 4.89. The fraction of sp³-hybridized carbons (Fsp3) is 0.444. The third kappa shape index (κ3) is 2.45. The topological polar surface area (TPSA) is 43.2 Å². The lowest BCUT2D eigenvalue weighted by molar-refractivity contribution is 0.0458. The quantitative estimate of drug-likeness (QED) is 0.745. The molecule has 5 heteroatoms. The average molecular weight is 310 g/mol. The molecule has 0 spiro atoms. The molecule has 0 unspecified atom stereocenters. The zero-order valence-corrected chi connectivity index (χ0v) is 13.7. The molecule has 23 heavy (non-hydrogen) atoms. The molecule has 1 fully saturated rings. The zero-order chi connectivity index (χ0) is 15.8. The summed E-state index contributed by atoms with van der Waals surface area (Å²) < 4.78 is 7.89. The highest BCUT2D eigenvalue weighted by Gasteiger charge is 2.21. The average Bonchev–Trinajstić information content (AvgIpc) is 2.89. The first-order valence-corrected chi connectivity index (χ1v) is 8.33. The zero-order valence-electron chi connectivity index (χ0n) is 13.7. The van der Waals surface area contributed by atoms with Crippen LogP contribution >= 0.6 is 0 Å². The second-order valence-electron chi connectivity index (χ2n) is 6.13. The summed E-state index contributed by atoms with van der Waals surface area (Å²) in [7, 11) is 2.07. The fourth-order valence-corrected chi connectivity index (χ4v) is 3.57. The van der Waals surface area contributed by atoms with Crippen molar-refractivity contribution in [1.29, 1.82) is 0 Å². The van der Waals surface area contributed by atoms with Crippen LogP contribution in [0.4, 0.5) is 5.82 Å². The van der Waals surface area contributed by atoms with Gasteiger partial charge < -0.3 is 14.2 Å². The fourth-order valence-electron chi connectivity index (χ4n) is 3.57. The number of hydrogen-bond acceptors (Lipinski definition) is 4. The third-order valence-electron chi connectivity index (χ3n) is 4.80. The van der Waals surface area contributed by atoms with Crippen molar-refractivity contribution in [1.82, 2.24) is 14.5 Å². The van der Waals surface area contributed by atoms with Crippen molar-refractivity contribution in [3.8, 4) is 0 Å². The Hall–Kier alpha value is -2.14. The molecule has 1 aliphatic rings. The summed E-state index contributed by atoms with van der Waals surface area (Å²) in [6, 6.07) is 6.36. The number of hydrogen-bond donors (Lipinski definition) is 0. The van der Waals surface area contributed by atoms with E-state index in [-0.39, 0.29) is 0 Å². The van der Waals surface area contributed by atoms with Crippen LogP contribution in [0.15, 0.2) is 30.6 Å². The molecule has 120 valence electrons. The van der Waals surface area contributed by atoms with Gasteiger partial charge in [0.1, 0.15) is 11.5 Å². The van der Waals surface area contributed by atoms with Gasteiger partial charge in [0.05, 0.1) is 11.6 Å². The lowest BCUT2D eigenvalue weighted by Crippen LogP contribution is -2.37. The van der Waals surface area contributed by atoms with Gasteiger partial charge in [-0.3, -0.25) is 4.98 Å². The first-order valence-electron chi connectivity index (χ1n) is 8.33. The molecular formula is C18H22N4O. The molecule has 0 radical (unpaired) electrons. The largest absolute Gasteiger partial charge is 0.378 e. The van der Waals surface area contributed by atoms with Crippen molar-refractivity contribution in [2.75, 3.05) is 24.6 Å². The predicted molar refractivity (Wildman–Crippen MR) is 92.9 cm³/mol. The lowest BCUT2D eigenvalue weighted by Gasteiger charge is -2.32. The maximum Gasteiger partial charge on any atom is 0.143 e. The van der Waals surface area contributed by atoms with Crippen molar-refractivity contribution >= 4 is 27.8 Å². The van der Waals surface area contributed by atoms with Crippen molar-refractivity contribution in [2.45, 2.75) is 25.9 Å². The van der Waals surface area contributed by atoms with Crippen LogP contribution in [-0.2, 0) is 11.8 Å². The first-order chi connectivity index (χ1) is 11.3. The minimum Gasteiger partial charge on any atom is -0.378 e. The van der Waals surface area contributed by atoms with Crippen LogP contribution in [0.5, 0.6) is 0 Å². The molecule has 0 aromatic carbocycles. The number of nitrogens with zero attached hydrogens (tertiary/aromatic N) is 4. The predicted octanol–water partition coefficient (Wildman–Crippen LogP) is 3.13. The molecule has 0 saturated carbocycles. The Balaban J connectivity index is 1.67. The van der Waals surface area contributed by atoms with E-state index in [0.717, 1.165) is 44.0 Å². The van der Waals surface area contributed by atoms with Gasteiger partial charge in [0.25, 0.3) is 0 Å². The summed E-state index contributed by atoms with van der Waals surface area (Å²) in [5, 5.41) is 2.34. The van der Waals surface area contributed by atoms with Crippen LogP contribution in [-0.4, -0.2) is 40.3 Å². The Kier molecular flexibility index (Phi) is 3.65. The van der Waals surface area contributed by atoms with Gasteiger partial charge in [-0.2, -0.15) is 0 Å². The minimum atomic E-state index is 0.406. The Morgan fingerprint density at radius 1 is 1.17 bits per heavy atom. The monoisotopic (exact) mass is 310 g/mol. The van der Waals surface area contributed by atoms with Gasteiger partial charge >= 0.3 is 0 Å². The van der Waals surface area contributed by atoms with Gasteiger partial charge in [-0.05, 0) is 38.0 Å². The van der Waals surface area contributed by atoms with Crippen LogP contribution in [0.3, 0.4) is 0 Å². The van der Waals surface area contributed by atoms with E-state index in [1.54, 1.807) is 0 Å². The number of pyridine rings is 2. The summed E-state index contributed by atoms with van der Waals surface area (Å²) in [4.78, 5) is 11.5. The second kappa shape index (κ2) is 5.81. The van der Waals surface area contributed by atoms with Crippen molar-refractivity contribution in [2.24, 2.45) is 7.05 Å². The molecule has 5 nitrogen and oxygen atoms in total. The maximum absolute atomic E-state index is 5.74.